The van der Waals surface area contributed by atoms with Crippen LogP contribution in [0.1, 0.15) is 5.56 Å². The van der Waals surface area contributed by atoms with E-state index in [1.807, 2.05) is 18.2 Å². The smallest absolute Gasteiger partial charge is 0.207 e. The van der Waals surface area contributed by atoms with Crippen molar-refractivity contribution in [3.8, 4) is 0 Å². The van der Waals surface area contributed by atoms with Crippen LogP contribution in [0.4, 0.5) is 0 Å². The van der Waals surface area contributed by atoms with Crippen LogP contribution in [0.2, 0.25) is 0 Å². The van der Waals surface area contributed by atoms with E-state index in [1.54, 1.807) is 7.41 Å². The lowest BCUT2D eigenvalue weighted by Crippen LogP contribution is -2.07. The van der Waals surface area contributed by atoms with Gasteiger partial charge in [-0.2, -0.15) is 0 Å². The Kier molecular flexibility index (Phi) is 2.34. The highest BCUT2D eigenvalue weighted by atomic mass is 14.3. The molecule has 0 fully saturated rings. The summed E-state index contributed by atoms with van der Waals surface area (Å²) in [6.45, 7) is 0. The number of rotatable bonds is 2. The molecular formula is C7H9BN. The van der Waals surface area contributed by atoms with E-state index in [0.717, 1.165) is 6.32 Å². The van der Waals surface area contributed by atoms with Crippen molar-refractivity contribution in [3.63, 3.8) is 0 Å². The van der Waals surface area contributed by atoms with Crippen LogP contribution in [0.5, 0.6) is 0 Å². The minimum absolute atomic E-state index is 0.862. The summed E-state index contributed by atoms with van der Waals surface area (Å²) in [6, 6.07) is 10.1. The molecule has 9 heavy (non-hydrogen) atoms. The Labute approximate surface area is 56.1 Å². The number of benzene rings is 1. The van der Waals surface area contributed by atoms with E-state index in [1.165, 1.54) is 5.56 Å². The van der Waals surface area contributed by atoms with E-state index in [4.69, 9.17) is 5.64 Å². The first-order valence-corrected chi connectivity index (χ1v) is 3.01. The fraction of sp³-hybridized carbons (Fsp3) is 0.143. The van der Waals surface area contributed by atoms with E-state index >= 15 is 0 Å². The zero-order valence-corrected chi connectivity index (χ0v) is 5.25. The average Bonchev–Trinajstić information content (AvgIpc) is 1.91. The highest BCUT2D eigenvalue weighted by Gasteiger charge is 1.86. The first kappa shape index (κ1) is 6.37. The Morgan fingerprint density at radius 1 is 1.22 bits per heavy atom. The van der Waals surface area contributed by atoms with Crippen molar-refractivity contribution < 1.29 is 0 Å². The van der Waals surface area contributed by atoms with Crippen molar-refractivity contribution >= 4 is 7.41 Å². The van der Waals surface area contributed by atoms with Gasteiger partial charge in [-0.25, -0.2) is 0 Å². The van der Waals surface area contributed by atoms with Crippen LogP contribution in [-0.4, -0.2) is 7.41 Å². The summed E-state index contributed by atoms with van der Waals surface area (Å²) in [5.41, 5.74) is 6.50. The summed E-state index contributed by atoms with van der Waals surface area (Å²) in [4.78, 5) is 0. The molecular weight excluding hydrogens is 109 g/mol. The normalized spacial score (nSPS) is 9.00. The zero-order chi connectivity index (χ0) is 6.53. The maximum Gasteiger partial charge on any atom is 0.207 e. The highest BCUT2D eigenvalue weighted by molar-refractivity contribution is 6.30. The lowest BCUT2D eigenvalue weighted by Gasteiger charge is -1.92. The molecule has 0 amide bonds. The van der Waals surface area contributed by atoms with Gasteiger partial charge in [-0.05, 0) is 6.32 Å². The Balaban J connectivity index is 2.61. The molecule has 0 aliphatic heterocycles. The van der Waals surface area contributed by atoms with E-state index in [0.29, 0.717) is 0 Å². The Morgan fingerprint density at radius 2 is 1.89 bits per heavy atom. The molecule has 0 saturated heterocycles. The zero-order valence-electron chi connectivity index (χ0n) is 5.25. The van der Waals surface area contributed by atoms with Crippen LogP contribution in [0, 0.1) is 0 Å². The van der Waals surface area contributed by atoms with Crippen LogP contribution in [0.15, 0.2) is 30.3 Å². The molecule has 2 N–H and O–H groups in total. The maximum atomic E-state index is 5.24. The molecule has 2 heteroatoms. The first-order chi connectivity index (χ1) is 4.43. The maximum absolute atomic E-state index is 5.24. The minimum Gasteiger partial charge on any atom is -0.374 e. The van der Waals surface area contributed by atoms with Gasteiger partial charge in [0.25, 0.3) is 0 Å². The van der Waals surface area contributed by atoms with Gasteiger partial charge in [0.15, 0.2) is 0 Å². The molecule has 1 aromatic rings. The molecule has 0 bridgehead atoms. The number of nitrogens with two attached hydrogens (primary N) is 1. The second kappa shape index (κ2) is 3.31. The molecule has 1 radical (unpaired) electrons. The van der Waals surface area contributed by atoms with Crippen molar-refractivity contribution in [3.05, 3.63) is 35.9 Å². The van der Waals surface area contributed by atoms with E-state index in [-0.39, 0.29) is 0 Å². The predicted octanol–water partition coefficient (Wildman–Crippen LogP) is 0.765. The van der Waals surface area contributed by atoms with Gasteiger partial charge in [0, 0.05) is 0 Å². The fourth-order valence-corrected chi connectivity index (χ4v) is 0.750. The lowest BCUT2D eigenvalue weighted by molar-refractivity contribution is 1.37. The first-order valence-electron chi connectivity index (χ1n) is 3.01. The van der Waals surface area contributed by atoms with Crippen LogP contribution >= 0.6 is 0 Å². The van der Waals surface area contributed by atoms with Gasteiger partial charge < -0.3 is 5.64 Å². The molecule has 0 spiro atoms. The molecule has 0 aliphatic rings. The second-order valence-electron chi connectivity index (χ2n) is 1.93. The Morgan fingerprint density at radius 3 is 2.44 bits per heavy atom. The number of hydrogen-bond acceptors (Lipinski definition) is 1. The van der Waals surface area contributed by atoms with Gasteiger partial charge in [0.2, 0.25) is 7.41 Å². The summed E-state index contributed by atoms with van der Waals surface area (Å²) in [7, 11) is 1.66. The Bertz CT molecular complexity index is 162. The molecule has 45 valence electrons. The van der Waals surface area contributed by atoms with Crippen LogP contribution in [-0.2, 0) is 6.32 Å². The third-order valence-electron chi connectivity index (χ3n) is 1.20. The van der Waals surface area contributed by atoms with Crippen molar-refractivity contribution in [2.75, 3.05) is 0 Å². The minimum atomic E-state index is 0.862. The summed E-state index contributed by atoms with van der Waals surface area (Å²) in [6.07, 6.45) is 0.862. The molecule has 1 rings (SSSR count). The van der Waals surface area contributed by atoms with Gasteiger partial charge in [0.05, 0.1) is 0 Å². The van der Waals surface area contributed by atoms with Gasteiger partial charge >= 0.3 is 0 Å². The SMILES string of the molecule is N[B]Cc1ccccc1. The van der Waals surface area contributed by atoms with Crippen molar-refractivity contribution in [1.82, 2.24) is 0 Å². The van der Waals surface area contributed by atoms with Gasteiger partial charge in [0.1, 0.15) is 0 Å². The molecule has 0 unspecified atom stereocenters. The van der Waals surface area contributed by atoms with Gasteiger partial charge in [-0.3, -0.25) is 0 Å². The monoisotopic (exact) mass is 118 g/mol. The summed E-state index contributed by atoms with van der Waals surface area (Å²) >= 11 is 0. The standard InChI is InChI=1S/C7H9BN/c9-8-6-7-4-2-1-3-5-7/h1-5H,6,9H2. The average molecular weight is 118 g/mol. The third kappa shape index (κ3) is 1.90. The fourth-order valence-electron chi connectivity index (χ4n) is 0.750. The third-order valence-corrected chi connectivity index (χ3v) is 1.20. The van der Waals surface area contributed by atoms with E-state index in [2.05, 4.69) is 12.1 Å². The quantitative estimate of drug-likeness (QED) is 0.570. The van der Waals surface area contributed by atoms with Gasteiger partial charge in [-0.15, -0.1) is 0 Å². The summed E-state index contributed by atoms with van der Waals surface area (Å²) in [5, 5.41) is 0. The summed E-state index contributed by atoms with van der Waals surface area (Å²) < 4.78 is 0. The van der Waals surface area contributed by atoms with Gasteiger partial charge in [-0.1, -0.05) is 35.9 Å². The molecule has 0 saturated carbocycles. The molecule has 0 aromatic heterocycles. The Hall–Kier alpha value is -0.755. The summed E-state index contributed by atoms with van der Waals surface area (Å²) in [5.74, 6) is 0. The van der Waals surface area contributed by atoms with Crippen molar-refractivity contribution in [2.24, 2.45) is 5.64 Å². The molecule has 0 atom stereocenters. The molecule has 0 aliphatic carbocycles. The van der Waals surface area contributed by atoms with Crippen LogP contribution in [0.3, 0.4) is 0 Å². The van der Waals surface area contributed by atoms with Crippen molar-refractivity contribution in [2.45, 2.75) is 6.32 Å². The van der Waals surface area contributed by atoms with Crippen molar-refractivity contribution in [1.29, 1.82) is 0 Å². The van der Waals surface area contributed by atoms with E-state index < -0.39 is 0 Å². The lowest BCUT2D eigenvalue weighted by atomic mass is 9.86. The van der Waals surface area contributed by atoms with Crippen LogP contribution < -0.4 is 5.64 Å². The van der Waals surface area contributed by atoms with E-state index in [9.17, 15) is 0 Å². The predicted molar refractivity (Wildman–Crippen MR) is 40.1 cm³/mol. The highest BCUT2D eigenvalue weighted by Crippen LogP contribution is 1.96. The largest absolute Gasteiger partial charge is 0.374 e. The van der Waals surface area contributed by atoms with Crippen LogP contribution in [0.25, 0.3) is 0 Å². The molecule has 1 nitrogen and oxygen atoms in total. The molecule has 1 aromatic carbocycles. The second-order valence-corrected chi connectivity index (χ2v) is 1.93. The molecule has 0 heterocycles. The number of hydrogen-bond donors (Lipinski definition) is 1. The topological polar surface area (TPSA) is 26.0 Å².